The molecule has 6 nitrogen and oxygen atoms in total. The lowest BCUT2D eigenvalue weighted by molar-refractivity contribution is -0.914. The summed E-state index contributed by atoms with van der Waals surface area (Å²) in [6, 6.07) is 11.2. The molecule has 26 heavy (non-hydrogen) atoms. The summed E-state index contributed by atoms with van der Waals surface area (Å²) in [7, 11) is 1.71. The van der Waals surface area contributed by atoms with Crippen LogP contribution in [-0.4, -0.2) is 38.2 Å². The quantitative estimate of drug-likeness (QED) is 0.659. The fourth-order valence-electron chi connectivity index (χ4n) is 3.57. The van der Waals surface area contributed by atoms with Gasteiger partial charge in [0.15, 0.2) is 0 Å². The van der Waals surface area contributed by atoms with Gasteiger partial charge in [-0.05, 0) is 49.2 Å². The summed E-state index contributed by atoms with van der Waals surface area (Å²) in [6.45, 7) is 9.28. The van der Waals surface area contributed by atoms with Crippen molar-refractivity contribution in [1.29, 1.82) is 0 Å². The number of rotatable bonds is 5. The molecule has 1 fully saturated rings. The molecule has 0 unspecified atom stereocenters. The number of aryl methyl sites for hydroxylation is 2. The molecule has 1 aliphatic heterocycles. The molecule has 0 bridgehead atoms. The van der Waals surface area contributed by atoms with Gasteiger partial charge in [-0.3, -0.25) is 10.1 Å². The first-order chi connectivity index (χ1) is 12.5. The Bertz CT molecular complexity index is 782. The van der Waals surface area contributed by atoms with Gasteiger partial charge in [0, 0.05) is 23.4 Å². The maximum Gasteiger partial charge on any atom is 0.269 e. The van der Waals surface area contributed by atoms with E-state index in [-0.39, 0.29) is 10.6 Å². The van der Waals surface area contributed by atoms with Gasteiger partial charge in [0.1, 0.15) is 12.3 Å². The number of piperazine rings is 1. The molecule has 0 amide bonds. The number of methoxy groups -OCH3 is 1. The number of anilines is 1. The highest BCUT2D eigenvalue weighted by Crippen LogP contribution is 2.22. The van der Waals surface area contributed by atoms with Crippen molar-refractivity contribution in [1.82, 2.24) is 0 Å². The molecule has 1 saturated heterocycles. The van der Waals surface area contributed by atoms with E-state index in [1.165, 1.54) is 16.7 Å². The first-order valence-electron chi connectivity index (χ1n) is 8.95. The Labute approximate surface area is 154 Å². The van der Waals surface area contributed by atoms with Crippen LogP contribution in [-0.2, 0) is 6.54 Å². The number of hydrogen-bond donors (Lipinski definition) is 1. The normalized spacial score (nSPS) is 15.1. The summed E-state index contributed by atoms with van der Waals surface area (Å²) in [4.78, 5) is 14.3. The van der Waals surface area contributed by atoms with Crippen LogP contribution in [0.5, 0.6) is 5.75 Å². The van der Waals surface area contributed by atoms with Crippen molar-refractivity contribution < 1.29 is 14.6 Å². The Balaban J connectivity index is 1.60. The highest BCUT2D eigenvalue weighted by molar-refractivity contribution is 5.51. The van der Waals surface area contributed by atoms with Crippen LogP contribution in [0.25, 0.3) is 0 Å². The molecule has 0 radical (unpaired) electrons. The number of quaternary nitrogens is 1. The Morgan fingerprint density at radius 1 is 1.12 bits per heavy atom. The molecule has 3 rings (SSSR count). The van der Waals surface area contributed by atoms with Crippen molar-refractivity contribution in [3.05, 3.63) is 63.2 Å². The Kier molecular flexibility index (Phi) is 5.42. The predicted octanol–water partition coefficient (Wildman–Crippen LogP) is 2.13. The van der Waals surface area contributed by atoms with Crippen LogP contribution >= 0.6 is 0 Å². The van der Waals surface area contributed by atoms with Gasteiger partial charge in [0.2, 0.25) is 0 Å². The van der Waals surface area contributed by atoms with Crippen LogP contribution in [0.4, 0.5) is 11.4 Å². The van der Waals surface area contributed by atoms with Gasteiger partial charge in [-0.1, -0.05) is 0 Å². The topological polar surface area (TPSA) is 60.0 Å². The van der Waals surface area contributed by atoms with Crippen molar-refractivity contribution in [2.75, 3.05) is 38.2 Å². The van der Waals surface area contributed by atoms with Crippen LogP contribution in [0.15, 0.2) is 36.4 Å². The van der Waals surface area contributed by atoms with E-state index >= 15 is 0 Å². The Morgan fingerprint density at radius 2 is 1.77 bits per heavy atom. The molecule has 1 N–H and O–H groups in total. The molecule has 0 atom stereocenters. The molecule has 0 aliphatic carbocycles. The van der Waals surface area contributed by atoms with Crippen molar-refractivity contribution in [2.45, 2.75) is 20.4 Å². The van der Waals surface area contributed by atoms with E-state index < -0.39 is 0 Å². The van der Waals surface area contributed by atoms with Crippen LogP contribution in [0.3, 0.4) is 0 Å². The van der Waals surface area contributed by atoms with Crippen LogP contribution < -0.4 is 14.5 Å². The third-order valence-electron chi connectivity index (χ3n) is 5.19. The Morgan fingerprint density at radius 3 is 2.35 bits per heavy atom. The number of nitro groups is 1. The maximum absolute atomic E-state index is 10.8. The molecule has 0 saturated carbocycles. The zero-order chi connectivity index (χ0) is 18.7. The van der Waals surface area contributed by atoms with E-state index in [2.05, 4.69) is 30.9 Å². The van der Waals surface area contributed by atoms with E-state index in [0.29, 0.717) is 0 Å². The first kappa shape index (κ1) is 18.2. The minimum absolute atomic E-state index is 0.142. The first-order valence-corrected chi connectivity index (χ1v) is 8.95. The van der Waals surface area contributed by atoms with Gasteiger partial charge in [-0.2, -0.15) is 0 Å². The van der Waals surface area contributed by atoms with Crippen LogP contribution in [0.2, 0.25) is 0 Å². The lowest BCUT2D eigenvalue weighted by Crippen LogP contribution is -3.13. The number of hydrogen-bond acceptors (Lipinski definition) is 4. The minimum Gasteiger partial charge on any atom is -0.496 e. The molecule has 0 aromatic heterocycles. The van der Waals surface area contributed by atoms with Crippen molar-refractivity contribution in [2.24, 2.45) is 0 Å². The largest absolute Gasteiger partial charge is 0.496 e. The van der Waals surface area contributed by atoms with Gasteiger partial charge >= 0.3 is 0 Å². The predicted molar refractivity (Wildman–Crippen MR) is 102 cm³/mol. The molecule has 138 valence electrons. The molecule has 6 heteroatoms. The molecular weight excluding hydrogens is 330 g/mol. The summed E-state index contributed by atoms with van der Waals surface area (Å²) in [5.74, 6) is 0.948. The second kappa shape index (κ2) is 7.74. The van der Waals surface area contributed by atoms with Crippen molar-refractivity contribution in [3.63, 3.8) is 0 Å². The van der Waals surface area contributed by atoms with E-state index in [9.17, 15) is 10.1 Å². The highest BCUT2D eigenvalue weighted by Gasteiger charge is 2.21. The molecule has 1 heterocycles. The second-order valence-electron chi connectivity index (χ2n) is 6.94. The number of ether oxygens (including phenoxy) is 1. The summed E-state index contributed by atoms with van der Waals surface area (Å²) in [5.41, 5.74) is 5.03. The summed E-state index contributed by atoms with van der Waals surface area (Å²) in [5, 5.41) is 10.8. The van der Waals surface area contributed by atoms with Crippen LogP contribution in [0.1, 0.15) is 16.7 Å². The number of non-ortho nitro benzene ring substituents is 1. The number of nitro benzene ring substituents is 1. The summed E-state index contributed by atoms with van der Waals surface area (Å²) in [6.07, 6.45) is 0. The summed E-state index contributed by atoms with van der Waals surface area (Å²) >= 11 is 0. The molecular formula is C20H26N3O3+. The SMILES string of the molecule is COc1cc(C)c(C[NH+]2CCN(c3ccc([N+](=O)[O-])cc3)CC2)cc1C. The fraction of sp³-hybridized carbons (Fsp3) is 0.400. The average Bonchev–Trinajstić information content (AvgIpc) is 2.65. The van der Waals surface area contributed by atoms with Gasteiger partial charge in [0.25, 0.3) is 5.69 Å². The number of nitrogens with zero attached hydrogens (tertiary/aromatic N) is 2. The van der Waals surface area contributed by atoms with Crippen LogP contribution in [0, 0.1) is 24.0 Å². The van der Waals surface area contributed by atoms with E-state index in [1.807, 2.05) is 12.1 Å². The molecule has 2 aromatic carbocycles. The summed E-state index contributed by atoms with van der Waals surface area (Å²) < 4.78 is 5.40. The van der Waals surface area contributed by atoms with Gasteiger partial charge in [-0.15, -0.1) is 0 Å². The van der Waals surface area contributed by atoms with Gasteiger partial charge < -0.3 is 14.5 Å². The lowest BCUT2D eigenvalue weighted by Gasteiger charge is -2.34. The molecule has 0 spiro atoms. The smallest absolute Gasteiger partial charge is 0.269 e. The second-order valence-corrected chi connectivity index (χ2v) is 6.94. The van der Waals surface area contributed by atoms with Crippen molar-refractivity contribution in [3.8, 4) is 5.75 Å². The zero-order valence-electron chi connectivity index (χ0n) is 15.6. The lowest BCUT2D eigenvalue weighted by atomic mass is 10.0. The highest BCUT2D eigenvalue weighted by atomic mass is 16.6. The number of nitrogens with one attached hydrogen (secondary N) is 1. The monoisotopic (exact) mass is 356 g/mol. The van der Waals surface area contributed by atoms with E-state index in [4.69, 9.17) is 4.74 Å². The fourth-order valence-corrected chi connectivity index (χ4v) is 3.57. The third kappa shape index (κ3) is 3.96. The minimum atomic E-state index is -0.356. The Hall–Kier alpha value is -2.60. The van der Waals surface area contributed by atoms with E-state index in [0.717, 1.165) is 44.2 Å². The van der Waals surface area contributed by atoms with Gasteiger partial charge in [0.05, 0.1) is 38.2 Å². The molecule has 1 aliphatic rings. The standard InChI is InChI=1S/C20H25N3O3/c1-15-13-20(26-3)16(2)12-17(15)14-21-8-10-22(11-9-21)18-4-6-19(7-5-18)23(24)25/h4-7,12-13H,8-11,14H2,1-3H3/p+1. The maximum atomic E-state index is 10.8. The zero-order valence-corrected chi connectivity index (χ0v) is 15.6. The van der Waals surface area contributed by atoms with Gasteiger partial charge in [-0.25, -0.2) is 0 Å². The molecule has 2 aromatic rings. The van der Waals surface area contributed by atoms with Crippen molar-refractivity contribution >= 4 is 11.4 Å². The average molecular weight is 356 g/mol. The number of benzene rings is 2. The third-order valence-corrected chi connectivity index (χ3v) is 5.19. The van der Waals surface area contributed by atoms with E-state index in [1.54, 1.807) is 24.1 Å².